The Balaban J connectivity index is 0.000000179. The topological polar surface area (TPSA) is 83.1 Å². The number of piperidine rings is 4. The Bertz CT molecular complexity index is 2690. The first-order valence-corrected chi connectivity index (χ1v) is 30.0. The normalized spacial score (nSPS) is 18.3. The van der Waals surface area contributed by atoms with E-state index in [-0.39, 0.29) is 24.0 Å². The molecule has 8 heteroatoms. The zero-order valence-corrected chi connectivity index (χ0v) is 46.0. The van der Waals surface area contributed by atoms with Gasteiger partial charge in [-0.2, -0.15) is 0 Å². The van der Waals surface area contributed by atoms with Gasteiger partial charge in [-0.25, -0.2) is 9.59 Å². The van der Waals surface area contributed by atoms with Crippen LogP contribution in [0.5, 0.6) is 0 Å². The number of hydrogen-bond acceptors (Lipinski definition) is 6. The maximum atomic E-state index is 13.1. The number of benzene rings is 6. The average Bonchev–Trinajstić information content (AvgIpc) is 4.25. The van der Waals surface area contributed by atoms with Crippen LogP contribution < -0.4 is 10.6 Å². The summed E-state index contributed by atoms with van der Waals surface area (Å²) in [6.45, 7) is 13.1. The van der Waals surface area contributed by atoms with E-state index in [9.17, 15) is 9.59 Å². The molecule has 6 aromatic carbocycles. The lowest BCUT2D eigenvalue weighted by Crippen LogP contribution is -2.39. The van der Waals surface area contributed by atoms with E-state index in [2.05, 4.69) is 163 Å². The van der Waals surface area contributed by atoms with E-state index in [0.29, 0.717) is 25.0 Å². The number of rotatable bonds is 12. The summed E-state index contributed by atoms with van der Waals surface area (Å²) in [5.74, 6) is 3.59. The van der Waals surface area contributed by atoms with Crippen LogP contribution in [-0.4, -0.2) is 87.6 Å². The molecule has 0 radical (unpaired) electrons. The third kappa shape index (κ3) is 12.5. The van der Waals surface area contributed by atoms with Crippen LogP contribution in [0.2, 0.25) is 0 Å². The van der Waals surface area contributed by atoms with Gasteiger partial charge in [0, 0.05) is 38.0 Å². The van der Waals surface area contributed by atoms with E-state index in [4.69, 9.17) is 9.47 Å². The highest BCUT2D eigenvalue weighted by Gasteiger charge is 2.33. The summed E-state index contributed by atoms with van der Waals surface area (Å²) in [6.07, 6.45) is 17.6. The van der Waals surface area contributed by atoms with E-state index < -0.39 is 0 Å². The molecular formula is C70H82N4O4. The van der Waals surface area contributed by atoms with E-state index >= 15 is 0 Å². The first kappa shape index (κ1) is 53.5. The van der Waals surface area contributed by atoms with Crippen LogP contribution in [0.3, 0.4) is 0 Å². The van der Waals surface area contributed by atoms with E-state index in [1.165, 1.54) is 157 Å². The Labute approximate surface area is 465 Å². The summed E-state index contributed by atoms with van der Waals surface area (Å²) in [5.41, 5.74) is 16.3. The van der Waals surface area contributed by atoms with Crippen molar-refractivity contribution in [2.24, 2.45) is 23.7 Å². The lowest BCUT2D eigenvalue weighted by Gasteiger charge is -2.33. The molecule has 0 saturated carbocycles. The van der Waals surface area contributed by atoms with Crippen LogP contribution in [0.4, 0.5) is 9.59 Å². The lowest BCUT2D eigenvalue weighted by molar-refractivity contribution is 0.0824. The first-order chi connectivity index (χ1) is 38.5. The number of fused-ring (bicyclic) bond motifs is 9. The maximum Gasteiger partial charge on any atom is 0.409 e. The molecule has 0 unspecified atom stereocenters. The average molecular weight is 1040 g/mol. The molecule has 4 fully saturated rings. The zero-order chi connectivity index (χ0) is 53.0. The second kappa shape index (κ2) is 26.0. The van der Waals surface area contributed by atoms with Crippen molar-refractivity contribution in [2.45, 2.75) is 102 Å². The number of ether oxygens (including phenoxy) is 2. The minimum Gasteiger partial charge on any atom is -0.448 e. The van der Waals surface area contributed by atoms with Gasteiger partial charge in [0.2, 0.25) is 0 Å². The molecule has 0 aromatic heterocycles. The number of amides is 2. The molecule has 406 valence electrons. The van der Waals surface area contributed by atoms with Crippen LogP contribution in [0.25, 0.3) is 39.0 Å². The second-order valence-electron chi connectivity index (χ2n) is 23.3. The number of carbonyl (C=O) groups is 2. The third-order valence-corrected chi connectivity index (χ3v) is 18.6. The van der Waals surface area contributed by atoms with Crippen molar-refractivity contribution in [3.63, 3.8) is 0 Å². The minimum atomic E-state index is -0.177. The smallest absolute Gasteiger partial charge is 0.409 e. The van der Waals surface area contributed by atoms with Gasteiger partial charge in [-0.15, -0.1) is 0 Å². The van der Waals surface area contributed by atoms with Crippen LogP contribution in [0.1, 0.15) is 135 Å². The number of nitrogens with one attached hydrogen (secondary N) is 2. The van der Waals surface area contributed by atoms with Gasteiger partial charge in [0.1, 0.15) is 13.2 Å². The standard InChI is InChI=1S/C43H46N2O4.C14H10.C13H26N2/c46-42(48-28-40-36-16-5-1-12-32(36)33-13-2-6-17-37(33)40)44-24-20-30(21-25-44)10-9-11-31-22-26-45(27-23-31)43(47)49-29-41-38-18-7-3-14-34(38)35-15-4-8-19-39(35)41;1-10-11-6-2-4-8-13(11)14-9-5-3-7-12(10)14;1(2-12-4-8-14-9-5-12)3-13-6-10-15-11-7-13/h1-8,12-19,30-31,40-41H,9-11,20-29H2;2-9H,1H2;12-15H,1-11H2. The molecule has 2 N–H and O–H groups in total. The van der Waals surface area contributed by atoms with Crippen molar-refractivity contribution in [3.8, 4) is 33.4 Å². The molecule has 7 aliphatic rings. The lowest BCUT2D eigenvalue weighted by atomic mass is 9.87. The number of hydrogen-bond donors (Lipinski definition) is 2. The molecule has 0 atom stereocenters. The molecule has 4 aliphatic heterocycles. The van der Waals surface area contributed by atoms with Crippen molar-refractivity contribution in [3.05, 3.63) is 186 Å². The highest BCUT2D eigenvalue weighted by atomic mass is 16.6. The highest BCUT2D eigenvalue weighted by molar-refractivity contribution is 6.00. The number of likely N-dealkylation sites (tertiary alicyclic amines) is 2. The second-order valence-corrected chi connectivity index (χ2v) is 23.3. The zero-order valence-electron chi connectivity index (χ0n) is 46.0. The fourth-order valence-corrected chi connectivity index (χ4v) is 14.0. The fraction of sp³-hybridized carbons (Fsp3) is 0.429. The molecular weight excluding hydrogens is 961 g/mol. The van der Waals surface area contributed by atoms with Crippen molar-refractivity contribution in [2.75, 3.05) is 65.6 Å². The number of nitrogens with zero attached hydrogens (tertiary/aromatic N) is 2. The summed E-state index contributed by atoms with van der Waals surface area (Å²) >= 11 is 0. The molecule has 2 amide bonds. The predicted octanol–water partition coefficient (Wildman–Crippen LogP) is 15.4. The maximum absolute atomic E-state index is 13.1. The Hall–Kier alpha value is -6.48. The number of carbonyl (C=O) groups excluding carboxylic acids is 2. The van der Waals surface area contributed by atoms with Crippen LogP contribution in [0.15, 0.2) is 152 Å². The van der Waals surface area contributed by atoms with Gasteiger partial charge >= 0.3 is 12.2 Å². The van der Waals surface area contributed by atoms with Crippen molar-refractivity contribution in [1.29, 1.82) is 0 Å². The Morgan fingerprint density at radius 1 is 0.385 bits per heavy atom. The summed E-state index contributed by atoms with van der Waals surface area (Å²) in [5, 5.41) is 6.89. The van der Waals surface area contributed by atoms with Gasteiger partial charge < -0.3 is 29.9 Å². The SMILES string of the molecule is C(CC1CCNCC1)CC1CCNCC1.C=C1c2ccccc2-c2ccccc21.O=C(OCC1c2ccccc2-c2ccccc21)N1CCC(CCCC2CCN(C(=O)OCC3c4ccccc4-c4ccccc43)CC2)CC1. The van der Waals surface area contributed by atoms with Crippen molar-refractivity contribution >= 4 is 17.8 Å². The van der Waals surface area contributed by atoms with Crippen molar-refractivity contribution in [1.82, 2.24) is 20.4 Å². The van der Waals surface area contributed by atoms with Crippen molar-refractivity contribution < 1.29 is 19.1 Å². The largest absolute Gasteiger partial charge is 0.448 e. The molecule has 13 rings (SSSR count). The van der Waals surface area contributed by atoms with Gasteiger partial charge in [-0.05, 0) is 174 Å². The highest BCUT2D eigenvalue weighted by Crippen LogP contribution is 2.47. The monoisotopic (exact) mass is 1040 g/mol. The summed E-state index contributed by atoms with van der Waals surface area (Å²) < 4.78 is 11.8. The van der Waals surface area contributed by atoms with Crippen LogP contribution in [-0.2, 0) is 9.47 Å². The predicted molar refractivity (Wildman–Crippen MR) is 318 cm³/mol. The van der Waals surface area contributed by atoms with Gasteiger partial charge in [-0.3, -0.25) is 0 Å². The molecule has 3 aliphatic carbocycles. The summed E-state index contributed by atoms with van der Waals surface area (Å²) in [7, 11) is 0. The van der Waals surface area contributed by atoms with E-state index in [0.717, 1.165) is 69.3 Å². The minimum absolute atomic E-state index is 0.0969. The van der Waals surface area contributed by atoms with E-state index in [1.54, 1.807) is 0 Å². The Kier molecular flexibility index (Phi) is 17.8. The molecule has 4 saturated heterocycles. The van der Waals surface area contributed by atoms with Crippen LogP contribution >= 0.6 is 0 Å². The molecule has 0 spiro atoms. The van der Waals surface area contributed by atoms with Gasteiger partial charge in [0.15, 0.2) is 0 Å². The molecule has 78 heavy (non-hydrogen) atoms. The Morgan fingerprint density at radius 2 is 0.654 bits per heavy atom. The molecule has 6 aromatic rings. The fourth-order valence-electron chi connectivity index (χ4n) is 14.0. The molecule has 4 heterocycles. The van der Waals surface area contributed by atoms with Gasteiger partial charge in [-0.1, -0.05) is 191 Å². The molecule has 8 nitrogen and oxygen atoms in total. The third-order valence-electron chi connectivity index (χ3n) is 18.6. The van der Waals surface area contributed by atoms with Crippen LogP contribution in [0, 0.1) is 23.7 Å². The van der Waals surface area contributed by atoms with E-state index in [1.807, 2.05) is 9.80 Å². The van der Waals surface area contributed by atoms with Gasteiger partial charge in [0.25, 0.3) is 0 Å². The summed E-state index contributed by atoms with van der Waals surface area (Å²) in [4.78, 5) is 29.9. The Morgan fingerprint density at radius 3 is 0.974 bits per heavy atom. The first-order valence-electron chi connectivity index (χ1n) is 30.0. The quantitative estimate of drug-likeness (QED) is 0.127. The summed E-state index contributed by atoms with van der Waals surface area (Å²) in [6, 6.07) is 50.8. The molecule has 0 bridgehead atoms. The van der Waals surface area contributed by atoms with Gasteiger partial charge in [0.05, 0.1) is 0 Å².